The second-order valence-electron chi connectivity index (χ2n) is 10.4. The number of benzene rings is 3. The Labute approximate surface area is 252 Å². The molecule has 3 aromatic carbocycles. The first-order valence-electron chi connectivity index (χ1n) is 13.6. The average molecular weight is 637 g/mol. The van der Waals surface area contributed by atoms with E-state index >= 15 is 0 Å². The molecule has 1 atom stereocenters. The van der Waals surface area contributed by atoms with Crippen molar-refractivity contribution in [2.75, 3.05) is 37.9 Å². The van der Waals surface area contributed by atoms with Gasteiger partial charge < -0.3 is 24.3 Å². The second-order valence-corrected chi connectivity index (χ2v) is 14.4. The number of carbonyl (C=O) groups is 2. The fourth-order valence-electron chi connectivity index (χ4n) is 5.38. The quantitative estimate of drug-likeness (QED) is 0.422. The number of hydrogen-bond donors (Lipinski definition) is 1. The zero-order valence-electron chi connectivity index (χ0n) is 22.9. The Balaban J connectivity index is 1.27. The Morgan fingerprint density at radius 1 is 0.682 bits per heavy atom. The van der Waals surface area contributed by atoms with Gasteiger partial charge in [-0.15, -0.1) is 0 Å². The molecule has 0 spiro atoms. The molecule has 0 saturated carbocycles. The lowest BCUT2D eigenvalue weighted by atomic mass is 9.89. The van der Waals surface area contributed by atoms with Gasteiger partial charge in [-0.3, -0.25) is 9.59 Å². The number of ketones is 2. The highest BCUT2D eigenvalue weighted by molar-refractivity contribution is 7.92. The molecule has 3 aromatic rings. The predicted molar refractivity (Wildman–Crippen MR) is 155 cm³/mol. The van der Waals surface area contributed by atoms with E-state index in [2.05, 4.69) is 10.3 Å². The minimum Gasteiger partial charge on any atom is -0.486 e. The SMILES string of the molecule is O=C1C2=C(NC(CS(=O)(=O)c3ccc4c(c3)OCCO4)C(CS(=O)(=O)c3ccc4c(c3)OCCO4)=N2)C(=O)c2ccccc21. The van der Waals surface area contributed by atoms with Crippen LogP contribution in [0.3, 0.4) is 0 Å². The standard InChI is InChI=1S/C30H24N2O10S2/c33-29-19-3-1-2-4-20(19)30(34)28-27(29)31-21(15-43(35,36)17-5-7-23-25(13-17)41-11-9-39-23)22(32-28)16-44(37,38)18-6-8-24-26(14-18)42-12-10-40-24/h1-8,13-14,21,31H,9-12,15-16H2. The summed E-state index contributed by atoms with van der Waals surface area (Å²) in [5.74, 6) is -1.21. The number of ether oxygens (including phenoxy) is 4. The number of nitrogens with zero attached hydrogens (tertiary/aromatic N) is 1. The largest absolute Gasteiger partial charge is 0.486 e. The molecular weight excluding hydrogens is 612 g/mol. The summed E-state index contributed by atoms with van der Waals surface area (Å²) in [6.07, 6.45) is 0. The molecule has 1 unspecified atom stereocenters. The van der Waals surface area contributed by atoms with Crippen LogP contribution in [0, 0.1) is 0 Å². The van der Waals surface area contributed by atoms with Gasteiger partial charge in [-0.1, -0.05) is 24.3 Å². The number of carbonyl (C=O) groups excluding carboxylic acids is 2. The van der Waals surface area contributed by atoms with E-state index in [1.807, 2.05) is 0 Å². The van der Waals surface area contributed by atoms with Crippen molar-refractivity contribution in [1.82, 2.24) is 5.32 Å². The van der Waals surface area contributed by atoms with E-state index < -0.39 is 48.8 Å². The summed E-state index contributed by atoms with van der Waals surface area (Å²) < 4.78 is 76.8. The number of sulfone groups is 2. The number of hydrogen-bond acceptors (Lipinski definition) is 12. The third-order valence-corrected chi connectivity index (χ3v) is 10.9. The molecule has 44 heavy (non-hydrogen) atoms. The van der Waals surface area contributed by atoms with Gasteiger partial charge in [-0.25, -0.2) is 21.8 Å². The maximum Gasteiger partial charge on any atom is 0.214 e. The van der Waals surface area contributed by atoms with E-state index in [0.717, 1.165) is 0 Å². The summed E-state index contributed by atoms with van der Waals surface area (Å²) in [6.45, 7) is 1.16. The predicted octanol–water partition coefficient (Wildman–Crippen LogP) is 2.18. The molecule has 0 fully saturated rings. The molecule has 1 aliphatic carbocycles. The first-order valence-corrected chi connectivity index (χ1v) is 16.9. The van der Waals surface area contributed by atoms with Gasteiger partial charge in [0.2, 0.25) is 11.6 Å². The molecule has 0 aromatic heterocycles. The van der Waals surface area contributed by atoms with Crippen molar-refractivity contribution in [3.8, 4) is 23.0 Å². The van der Waals surface area contributed by atoms with Gasteiger partial charge in [0, 0.05) is 23.3 Å². The fourth-order valence-corrected chi connectivity index (χ4v) is 8.23. The van der Waals surface area contributed by atoms with Crippen molar-refractivity contribution in [2.24, 2.45) is 4.99 Å². The lowest BCUT2D eigenvalue weighted by Crippen LogP contribution is -2.50. The first-order chi connectivity index (χ1) is 21.1. The van der Waals surface area contributed by atoms with E-state index in [1.54, 1.807) is 12.1 Å². The van der Waals surface area contributed by atoms with Crippen molar-refractivity contribution in [2.45, 2.75) is 15.8 Å². The van der Waals surface area contributed by atoms with Crippen LogP contribution in [0.2, 0.25) is 0 Å². The Hall–Kier alpha value is -4.69. The van der Waals surface area contributed by atoms with Crippen LogP contribution in [0.1, 0.15) is 20.7 Å². The summed E-state index contributed by atoms with van der Waals surface area (Å²) in [4.78, 5) is 31.0. The summed E-state index contributed by atoms with van der Waals surface area (Å²) in [7, 11) is -8.26. The highest BCUT2D eigenvalue weighted by Gasteiger charge is 2.40. The third-order valence-electron chi connectivity index (χ3n) is 7.54. The van der Waals surface area contributed by atoms with Crippen LogP contribution < -0.4 is 24.3 Å². The van der Waals surface area contributed by atoms with Gasteiger partial charge in [-0.05, 0) is 24.3 Å². The smallest absolute Gasteiger partial charge is 0.214 e. The van der Waals surface area contributed by atoms with Gasteiger partial charge in [0.05, 0.1) is 33.1 Å². The van der Waals surface area contributed by atoms with E-state index in [1.165, 1.54) is 48.5 Å². The monoisotopic (exact) mass is 636 g/mol. The Morgan fingerprint density at radius 3 is 1.80 bits per heavy atom. The number of allylic oxidation sites excluding steroid dienone is 2. The van der Waals surface area contributed by atoms with Crippen molar-refractivity contribution < 1.29 is 45.4 Å². The number of nitrogens with one attached hydrogen (secondary N) is 1. The number of rotatable bonds is 6. The Kier molecular flexibility index (Phi) is 6.70. The molecule has 226 valence electrons. The first kappa shape index (κ1) is 28.1. The Morgan fingerprint density at radius 2 is 1.20 bits per heavy atom. The van der Waals surface area contributed by atoms with Gasteiger partial charge >= 0.3 is 0 Å². The van der Waals surface area contributed by atoms with Gasteiger partial charge in [-0.2, -0.15) is 0 Å². The minimum absolute atomic E-state index is 0.0891. The van der Waals surface area contributed by atoms with Crippen LogP contribution in [-0.2, 0) is 19.7 Å². The molecule has 4 aliphatic rings. The summed E-state index contributed by atoms with van der Waals surface area (Å²) in [5, 5.41) is 2.87. The van der Waals surface area contributed by atoms with E-state index in [-0.39, 0.29) is 62.7 Å². The van der Waals surface area contributed by atoms with Crippen molar-refractivity contribution >= 4 is 37.0 Å². The number of Topliss-reactive ketones (excluding diaryl/α,β-unsaturated/α-hetero) is 2. The van der Waals surface area contributed by atoms with Crippen LogP contribution in [-0.4, -0.2) is 78.1 Å². The zero-order chi connectivity index (χ0) is 30.6. The summed E-state index contributed by atoms with van der Waals surface area (Å²) in [5.41, 5.74) is -0.330. The van der Waals surface area contributed by atoms with Gasteiger partial charge in [0.1, 0.15) is 37.8 Å². The van der Waals surface area contributed by atoms with Crippen molar-refractivity contribution in [3.05, 3.63) is 83.2 Å². The molecule has 0 radical (unpaired) electrons. The van der Waals surface area contributed by atoms with E-state index in [0.29, 0.717) is 24.7 Å². The van der Waals surface area contributed by atoms with E-state index in [4.69, 9.17) is 18.9 Å². The van der Waals surface area contributed by atoms with Crippen LogP contribution in [0.4, 0.5) is 0 Å². The van der Waals surface area contributed by atoms with Gasteiger partial charge in [0.25, 0.3) is 0 Å². The normalized spacial score (nSPS) is 19.0. The maximum atomic E-state index is 13.7. The van der Waals surface area contributed by atoms with Crippen molar-refractivity contribution in [1.29, 1.82) is 0 Å². The van der Waals surface area contributed by atoms with Crippen molar-refractivity contribution in [3.63, 3.8) is 0 Å². The lowest BCUT2D eigenvalue weighted by molar-refractivity contribution is 0.0966. The molecule has 12 nitrogen and oxygen atoms in total. The molecule has 14 heteroatoms. The maximum absolute atomic E-state index is 13.7. The zero-order valence-corrected chi connectivity index (χ0v) is 24.6. The lowest BCUT2D eigenvalue weighted by Gasteiger charge is -2.30. The minimum atomic E-state index is -4.14. The van der Waals surface area contributed by atoms with Gasteiger partial charge in [0.15, 0.2) is 42.7 Å². The summed E-state index contributed by atoms with van der Waals surface area (Å²) in [6, 6.07) is 13.3. The third kappa shape index (κ3) is 4.89. The molecule has 0 bridgehead atoms. The topological polar surface area (TPSA) is 164 Å². The molecule has 0 saturated heterocycles. The number of fused-ring (bicyclic) bond motifs is 3. The number of aliphatic imine (C=N–C) groups is 1. The average Bonchev–Trinajstić information content (AvgIpc) is 3.03. The van der Waals surface area contributed by atoms with Crippen LogP contribution in [0.5, 0.6) is 23.0 Å². The molecular formula is C30H24N2O10S2. The molecule has 3 aliphatic heterocycles. The fraction of sp³-hybridized carbons (Fsp3) is 0.233. The highest BCUT2D eigenvalue weighted by atomic mass is 32.2. The molecule has 0 amide bonds. The van der Waals surface area contributed by atoms with Crippen LogP contribution in [0.15, 0.2) is 86.8 Å². The Bertz CT molecular complexity index is 2030. The van der Waals surface area contributed by atoms with Crippen LogP contribution >= 0.6 is 0 Å². The summed E-state index contributed by atoms with van der Waals surface area (Å²) >= 11 is 0. The molecule has 1 N–H and O–H groups in total. The van der Waals surface area contributed by atoms with E-state index in [9.17, 15) is 26.4 Å². The van der Waals surface area contributed by atoms with Crippen LogP contribution in [0.25, 0.3) is 0 Å². The molecule has 3 heterocycles. The second kappa shape index (κ2) is 10.5. The highest BCUT2D eigenvalue weighted by Crippen LogP contribution is 2.35. The molecule has 7 rings (SSSR count).